The molecule has 4 unspecified atom stereocenters. The van der Waals surface area contributed by atoms with Crippen molar-refractivity contribution in [1.82, 2.24) is 0 Å². The molecule has 3 heteroatoms. The van der Waals surface area contributed by atoms with E-state index in [-0.39, 0.29) is 24.0 Å². The third-order valence-electron chi connectivity index (χ3n) is 4.75. The first-order chi connectivity index (χ1) is 6.68. The third kappa shape index (κ3) is 2.34. The number of rotatable bonds is 1. The van der Waals surface area contributed by atoms with Gasteiger partial charge in [-0.2, -0.15) is 4.65 Å². The number of fused-ring (bicyclic) bond motifs is 1. The summed E-state index contributed by atoms with van der Waals surface area (Å²) in [6, 6.07) is 1.46. The molecular formula is C12H24INO. The Kier molecular flexibility index (Phi) is 4.86. The number of hydrogen-bond donors (Lipinski definition) is 0. The molecule has 15 heavy (non-hydrogen) atoms. The zero-order valence-electron chi connectivity index (χ0n) is 10.2. The Bertz CT molecular complexity index is 212. The minimum atomic E-state index is 0. The lowest BCUT2D eigenvalue weighted by molar-refractivity contribution is -1.13. The molecule has 1 aliphatic heterocycles. The van der Waals surface area contributed by atoms with Gasteiger partial charge in [-0.3, -0.25) is 0 Å². The van der Waals surface area contributed by atoms with Crippen LogP contribution in [-0.2, 0) is 4.84 Å². The lowest BCUT2D eigenvalue weighted by Gasteiger charge is -2.50. The van der Waals surface area contributed by atoms with Crippen LogP contribution in [0.4, 0.5) is 0 Å². The van der Waals surface area contributed by atoms with Crippen molar-refractivity contribution in [2.24, 2.45) is 5.92 Å². The van der Waals surface area contributed by atoms with Crippen LogP contribution in [0.1, 0.15) is 45.4 Å². The Morgan fingerprint density at radius 2 is 1.73 bits per heavy atom. The van der Waals surface area contributed by atoms with Crippen molar-refractivity contribution < 1.29 is 33.5 Å². The van der Waals surface area contributed by atoms with Gasteiger partial charge < -0.3 is 24.0 Å². The molecule has 0 radical (unpaired) electrons. The molecule has 1 saturated heterocycles. The molecule has 90 valence electrons. The fourth-order valence-electron chi connectivity index (χ4n) is 3.55. The Labute approximate surface area is 111 Å². The second kappa shape index (κ2) is 5.32. The van der Waals surface area contributed by atoms with Gasteiger partial charge >= 0.3 is 0 Å². The van der Waals surface area contributed by atoms with E-state index < -0.39 is 0 Å². The van der Waals surface area contributed by atoms with E-state index in [9.17, 15) is 0 Å². The molecule has 0 aromatic carbocycles. The van der Waals surface area contributed by atoms with Crippen molar-refractivity contribution in [1.29, 1.82) is 0 Å². The van der Waals surface area contributed by atoms with Crippen LogP contribution in [0.15, 0.2) is 0 Å². The van der Waals surface area contributed by atoms with Gasteiger partial charge in [0.2, 0.25) is 0 Å². The molecule has 1 heterocycles. The number of likely N-dealkylation sites (tertiary alicyclic amines) is 1. The molecule has 2 rings (SSSR count). The molecule has 2 nitrogen and oxygen atoms in total. The number of hydrogen-bond acceptors (Lipinski definition) is 1. The monoisotopic (exact) mass is 325 g/mol. The van der Waals surface area contributed by atoms with Gasteiger partial charge in [0, 0.05) is 18.8 Å². The van der Waals surface area contributed by atoms with E-state index in [1.807, 2.05) is 7.11 Å². The second-order valence-electron chi connectivity index (χ2n) is 5.28. The van der Waals surface area contributed by atoms with Gasteiger partial charge in [0.05, 0.1) is 14.2 Å². The minimum Gasteiger partial charge on any atom is -1.00 e. The van der Waals surface area contributed by atoms with Crippen molar-refractivity contribution in [3.63, 3.8) is 0 Å². The first kappa shape index (κ1) is 13.7. The summed E-state index contributed by atoms with van der Waals surface area (Å²) >= 11 is 0. The highest BCUT2D eigenvalue weighted by molar-refractivity contribution is 4.80. The first-order valence-electron chi connectivity index (χ1n) is 6.10. The Morgan fingerprint density at radius 1 is 1.07 bits per heavy atom. The predicted molar refractivity (Wildman–Crippen MR) is 57.6 cm³/mol. The van der Waals surface area contributed by atoms with Crippen molar-refractivity contribution in [3.8, 4) is 0 Å². The van der Waals surface area contributed by atoms with Gasteiger partial charge in [0.15, 0.2) is 0 Å². The third-order valence-corrected chi connectivity index (χ3v) is 4.75. The summed E-state index contributed by atoms with van der Waals surface area (Å²) in [5.41, 5.74) is 0. The highest BCUT2D eigenvalue weighted by Crippen LogP contribution is 2.41. The summed E-state index contributed by atoms with van der Waals surface area (Å²) in [6.45, 7) is 2.34. The van der Waals surface area contributed by atoms with Crippen molar-refractivity contribution >= 4 is 0 Å². The minimum absolute atomic E-state index is 0. The molecule has 0 aromatic heterocycles. The standard InChI is InChI=1S/C12H24NO.HI/c1-10-8-9-11-6-4-5-7-12(11)13(10,2)14-3;/h10-12H,4-9H2,1-3H3;1H/q+1;/p-1. The predicted octanol–water partition coefficient (Wildman–Crippen LogP) is -0.260. The van der Waals surface area contributed by atoms with E-state index in [4.69, 9.17) is 4.84 Å². The highest BCUT2D eigenvalue weighted by atomic mass is 127. The van der Waals surface area contributed by atoms with Gasteiger partial charge in [0.25, 0.3) is 0 Å². The SMILES string of the molecule is CO[N+]1(C)C(C)CCC2CCCCC21.[I-]. The van der Waals surface area contributed by atoms with Crippen molar-refractivity contribution in [3.05, 3.63) is 0 Å². The van der Waals surface area contributed by atoms with Crippen molar-refractivity contribution in [2.75, 3.05) is 14.2 Å². The van der Waals surface area contributed by atoms with Gasteiger partial charge in [-0.25, -0.2) is 4.84 Å². The maximum atomic E-state index is 5.80. The van der Waals surface area contributed by atoms with Gasteiger partial charge in [0.1, 0.15) is 12.1 Å². The maximum Gasteiger partial charge on any atom is 0.122 e. The van der Waals surface area contributed by atoms with Gasteiger partial charge in [-0.15, -0.1) is 0 Å². The first-order valence-corrected chi connectivity index (χ1v) is 6.10. The Morgan fingerprint density at radius 3 is 2.40 bits per heavy atom. The Hall–Kier alpha value is 0.650. The van der Waals surface area contributed by atoms with Crippen LogP contribution in [0.2, 0.25) is 0 Å². The molecule has 0 aromatic rings. The lowest BCUT2D eigenvalue weighted by Crippen LogP contribution is -3.00. The van der Waals surface area contributed by atoms with Crippen LogP contribution < -0.4 is 24.0 Å². The molecule has 0 spiro atoms. The number of hydroxylamine groups is 3. The summed E-state index contributed by atoms with van der Waals surface area (Å²) in [6.07, 6.45) is 8.44. The Balaban J connectivity index is 0.00000112. The molecule has 2 fully saturated rings. The molecule has 0 N–H and O–H groups in total. The van der Waals surface area contributed by atoms with Crippen LogP contribution in [0, 0.1) is 5.92 Å². The van der Waals surface area contributed by atoms with E-state index in [1.165, 1.54) is 38.5 Å². The molecule has 2 aliphatic rings. The fraction of sp³-hybridized carbons (Fsp3) is 1.00. The largest absolute Gasteiger partial charge is 1.00 e. The van der Waals surface area contributed by atoms with Gasteiger partial charge in [-0.05, 0) is 26.2 Å². The number of halogens is 1. The summed E-state index contributed by atoms with van der Waals surface area (Å²) < 4.78 is 0.866. The summed E-state index contributed by atoms with van der Waals surface area (Å²) in [7, 11) is 4.17. The molecule has 1 aliphatic carbocycles. The van der Waals surface area contributed by atoms with E-state index in [2.05, 4.69) is 14.0 Å². The lowest BCUT2D eigenvalue weighted by atomic mass is 9.76. The van der Waals surface area contributed by atoms with E-state index in [1.54, 1.807) is 0 Å². The normalized spacial score (nSPS) is 45.4. The maximum absolute atomic E-state index is 5.80. The van der Waals surface area contributed by atoms with Crippen LogP contribution in [0.5, 0.6) is 0 Å². The van der Waals surface area contributed by atoms with E-state index in [0.717, 1.165) is 16.6 Å². The van der Waals surface area contributed by atoms with Crippen LogP contribution in [0.25, 0.3) is 0 Å². The summed E-state index contributed by atoms with van der Waals surface area (Å²) in [5, 5.41) is 0. The number of piperidine rings is 1. The zero-order chi connectivity index (χ0) is 10.2. The molecule has 0 amide bonds. The average molecular weight is 325 g/mol. The molecular weight excluding hydrogens is 301 g/mol. The summed E-state index contributed by atoms with van der Waals surface area (Å²) in [4.78, 5) is 5.80. The fourth-order valence-corrected chi connectivity index (χ4v) is 3.55. The topological polar surface area (TPSA) is 9.23 Å². The molecule has 0 bridgehead atoms. The summed E-state index contributed by atoms with van der Waals surface area (Å²) in [5.74, 6) is 0.935. The molecule has 4 atom stereocenters. The smallest absolute Gasteiger partial charge is 0.122 e. The average Bonchev–Trinajstić information content (AvgIpc) is 2.24. The van der Waals surface area contributed by atoms with Crippen LogP contribution in [-0.4, -0.2) is 30.9 Å². The quantitative estimate of drug-likeness (QED) is 0.477. The zero-order valence-corrected chi connectivity index (χ0v) is 12.4. The van der Waals surface area contributed by atoms with Crippen LogP contribution >= 0.6 is 0 Å². The van der Waals surface area contributed by atoms with E-state index >= 15 is 0 Å². The van der Waals surface area contributed by atoms with Crippen molar-refractivity contribution in [2.45, 2.75) is 57.5 Å². The second-order valence-corrected chi connectivity index (χ2v) is 5.28. The van der Waals surface area contributed by atoms with E-state index in [0.29, 0.717) is 6.04 Å². The molecule has 1 saturated carbocycles. The number of quaternary nitrogens is 1. The highest BCUT2D eigenvalue weighted by Gasteiger charge is 2.48. The van der Waals surface area contributed by atoms with Crippen LogP contribution in [0.3, 0.4) is 0 Å². The number of nitrogens with zero attached hydrogens (tertiary/aromatic N) is 1. The van der Waals surface area contributed by atoms with Gasteiger partial charge in [-0.1, -0.05) is 6.42 Å².